The van der Waals surface area contributed by atoms with E-state index < -0.39 is 29.6 Å². The molecular formula is C17H16O6. The van der Waals surface area contributed by atoms with Gasteiger partial charge in [-0.1, -0.05) is 60.7 Å². The maximum Gasteiger partial charge on any atom is 0.340 e. The summed E-state index contributed by atoms with van der Waals surface area (Å²) in [6.45, 7) is 0. The van der Waals surface area contributed by atoms with E-state index in [-0.39, 0.29) is 0 Å². The lowest BCUT2D eigenvalue weighted by atomic mass is 9.74. The predicted molar refractivity (Wildman–Crippen MR) is 81.0 cm³/mol. The van der Waals surface area contributed by atoms with Crippen molar-refractivity contribution in [2.24, 2.45) is 0 Å². The summed E-state index contributed by atoms with van der Waals surface area (Å²) in [4.78, 5) is 22.8. The van der Waals surface area contributed by atoms with Crippen LogP contribution in [0.4, 0.5) is 0 Å². The van der Waals surface area contributed by atoms with Crippen LogP contribution in [-0.2, 0) is 9.59 Å². The Morgan fingerprint density at radius 2 is 1.22 bits per heavy atom. The number of benzene rings is 2. The number of aliphatic hydroxyl groups is 2. The molecule has 2 rings (SSSR count). The molecular weight excluding hydrogens is 300 g/mol. The van der Waals surface area contributed by atoms with Crippen LogP contribution in [0.15, 0.2) is 60.7 Å². The Labute approximate surface area is 132 Å². The minimum Gasteiger partial charge on any atom is -0.479 e. The molecule has 0 bridgehead atoms. The fraction of sp³-hybridized carbons (Fsp3) is 0.176. The van der Waals surface area contributed by atoms with Gasteiger partial charge in [-0.05, 0) is 11.1 Å². The second kappa shape index (κ2) is 6.60. The maximum absolute atomic E-state index is 11.7. The maximum atomic E-state index is 11.7. The van der Waals surface area contributed by atoms with E-state index >= 15 is 0 Å². The first-order valence-electron chi connectivity index (χ1n) is 6.85. The third kappa shape index (κ3) is 3.08. The SMILES string of the molecule is O=C(O)[C@@H](O)[C@](O)(C(=O)O)C(c1ccccc1)c1ccccc1. The molecule has 0 aliphatic carbocycles. The summed E-state index contributed by atoms with van der Waals surface area (Å²) in [6.07, 6.45) is -2.49. The molecule has 4 N–H and O–H groups in total. The molecule has 2 aromatic carbocycles. The van der Waals surface area contributed by atoms with E-state index in [1.807, 2.05) is 0 Å². The number of carbonyl (C=O) groups is 2. The first-order valence-corrected chi connectivity index (χ1v) is 6.85. The van der Waals surface area contributed by atoms with Gasteiger partial charge in [0.15, 0.2) is 6.10 Å². The van der Waals surface area contributed by atoms with Crippen LogP contribution in [-0.4, -0.2) is 44.1 Å². The molecule has 120 valence electrons. The zero-order chi connectivity index (χ0) is 17.0. The number of carboxylic acid groups (broad SMARTS) is 2. The van der Waals surface area contributed by atoms with E-state index in [9.17, 15) is 24.9 Å². The Hall–Kier alpha value is -2.70. The molecule has 2 atom stereocenters. The Bertz CT molecular complexity index is 645. The topological polar surface area (TPSA) is 115 Å². The molecule has 2 aromatic rings. The van der Waals surface area contributed by atoms with Gasteiger partial charge in [0.1, 0.15) is 0 Å². The third-order valence-corrected chi connectivity index (χ3v) is 3.70. The van der Waals surface area contributed by atoms with Crippen LogP contribution in [0, 0.1) is 0 Å². The zero-order valence-corrected chi connectivity index (χ0v) is 12.0. The Kier molecular flexibility index (Phi) is 4.78. The lowest BCUT2D eigenvalue weighted by molar-refractivity contribution is -0.185. The molecule has 0 spiro atoms. The summed E-state index contributed by atoms with van der Waals surface area (Å²) in [5.74, 6) is -4.88. The molecule has 0 saturated heterocycles. The minimum absolute atomic E-state index is 0.379. The van der Waals surface area contributed by atoms with Crippen molar-refractivity contribution >= 4 is 11.9 Å². The summed E-state index contributed by atoms with van der Waals surface area (Å²) >= 11 is 0. The van der Waals surface area contributed by atoms with Crippen molar-refractivity contribution in [1.82, 2.24) is 0 Å². The Balaban J connectivity index is 2.69. The molecule has 0 aliphatic heterocycles. The highest BCUT2D eigenvalue weighted by Crippen LogP contribution is 2.37. The summed E-state index contributed by atoms with van der Waals surface area (Å²) in [6, 6.07) is 16.3. The number of rotatable bonds is 6. The van der Waals surface area contributed by atoms with Crippen molar-refractivity contribution in [3.8, 4) is 0 Å². The summed E-state index contributed by atoms with van der Waals surface area (Å²) in [5, 5.41) is 39.0. The molecule has 0 amide bonds. The Morgan fingerprint density at radius 1 is 0.826 bits per heavy atom. The van der Waals surface area contributed by atoms with E-state index in [1.165, 1.54) is 0 Å². The van der Waals surface area contributed by atoms with Crippen LogP contribution < -0.4 is 0 Å². The fourth-order valence-electron chi connectivity index (χ4n) is 2.58. The van der Waals surface area contributed by atoms with E-state index in [1.54, 1.807) is 60.7 Å². The van der Waals surface area contributed by atoms with Gasteiger partial charge in [-0.2, -0.15) is 0 Å². The minimum atomic E-state index is -2.92. The molecule has 0 fully saturated rings. The second-order valence-corrected chi connectivity index (χ2v) is 5.13. The largest absolute Gasteiger partial charge is 0.479 e. The normalized spacial score (nSPS) is 14.9. The monoisotopic (exact) mass is 316 g/mol. The lowest BCUT2D eigenvalue weighted by Gasteiger charge is -2.35. The van der Waals surface area contributed by atoms with Crippen LogP contribution in [0.3, 0.4) is 0 Å². The van der Waals surface area contributed by atoms with Crippen molar-refractivity contribution in [3.05, 3.63) is 71.8 Å². The van der Waals surface area contributed by atoms with Crippen molar-refractivity contribution in [2.75, 3.05) is 0 Å². The summed E-state index contributed by atoms with van der Waals surface area (Å²) < 4.78 is 0. The van der Waals surface area contributed by atoms with Gasteiger partial charge in [0.2, 0.25) is 5.60 Å². The number of hydrogen-bond donors (Lipinski definition) is 4. The zero-order valence-electron chi connectivity index (χ0n) is 12.0. The van der Waals surface area contributed by atoms with Crippen molar-refractivity contribution in [2.45, 2.75) is 17.6 Å². The van der Waals surface area contributed by atoms with E-state index in [0.717, 1.165) is 0 Å². The predicted octanol–water partition coefficient (Wildman–Crippen LogP) is 1.08. The molecule has 0 saturated carbocycles. The number of aliphatic carboxylic acids is 2. The summed E-state index contributed by atoms with van der Waals surface area (Å²) in [7, 11) is 0. The van der Waals surface area contributed by atoms with E-state index in [0.29, 0.717) is 11.1 Å². The van der Waals surface area contributed by atoms with E-state index in [2.05, 4.69) is 0 Å². The molecule has 6 heteroatoms. The molecule has 6 nitrogen and oxygen atoms in total. The van der Waals surface area contributed by atoms with Gasteiger partial charge in [-0.15, -0.1) is 0 Å². The first-order chi connectivity index (χ1) is 10.9. The van der Waals surface area contributed by atoms with Gasteiger partial charge in [0.05, 0.1) is 5.92 Å². The number of carboxylic acids is 2. The molecule has 23 heavy (non-hydrogen) atoms. The third-order valence-electron chi connectivity index (χ3n) is 3.70. The average Bonchev–Trinajstić information content (AvgIpc) is 2.55. The van der Waals surface area contributed by atoms with Gasteiger partial charge in [0, 0.05) is 0 Å². The van der Waals surface area contributed by atoms with Crippen molar-refractivity contribution in [3.63, 3.8) is 0 Å². The van der Waals surface area contributed by atoms with Gasteiger partial charge in [-0.25, -0.2) is 9.59 Å². The van der Waals surface area contributed by atoms with Gasteiger partial charge in [-0.3, -0.25) is 0 Å². The molecule has 0 aliphatic rings. The lowest BCUT2D eigenvalue weighted by Crippen LogP contribution is -2.57. The van der Waals surface area contributed by atoms with Crippen LogP contribution in [0.5, 0.6) is 0 Å². The van der Waals surface area contributed by atoms with Crippen LogP contribution >= 0.6 is 0 Å². The second-order valence-electron chi connectivity index (χ2n) is 5.13. The first kappa shape index (κ1) is 16.7. The average molecular weight is 316 g/mol. The molecule has 0 radical (unpaired) electrons. The quantitative estimate of drug-likeness (QED) is 0.634. The number of aliphatic hydroxyl groups excluding tert-OH is 1. The smallest absolute Gasteiger partial charge is 0.340 e. The van der Waals surface area contributed by atoms with Crippen LogP contribution in [0.1, 0.15) is 17.0 Å². The van der Waals surface area contributed by atoms with Gasteiger partial charge in [0.25, 0.3) is 0 Å². The van der Waals surface area contributed by atoms with Crippen LogP contribution in [0.25, 0.3) is 0 Å². The van der Waals surface area contributed by atoms with E-state index in [4.69, 9.17) is 5.11 Å². The number of hydrogen-bond acceptors (Lipinski definition) is 4. The van der Waals surface area contributed by atoms with Gasteiger partial charge < -0.3 is 20.4 Å². The highest BCUT2D eigenvalue weighted by molar-refractivity contribution is 5.89. The Morgan fingerprint density at radius 3 is 1.52 bits per heavy atom. The highest BCUT2D eigenvalue weighted by atomic mass is 16.4. The summed E-state index contributed by atoms with van der Waals surface area (Å²) in [5.41, 5.74) is -2.16. The fourth-order valence-corrected chi connectivity index (χ4v) is 2.58. The van der Waals surface area contributed by atoms with Crippen molar-refractivity contribution < 1.29 is 30.0 Å². The molecule has 0 unspecified atom stereocenters. The molecule has 0 aromatic heterocycles. The van der Waals surface area contributed by atoms with Gasteiger partial charge >= 0.3 is 11.9 Å². The standard InChI is InChI=1S/C17H16O6/c18-14(15(19)20)17(23,16(21)22)13(11-7-3-1-4-8-11)12-9-5-2-6-10-12/h1-10,13-14,18,23H,(H,19,20)(H,21,22)/t14-,17+/m1/s1. The van der Waals surface area contributed by atoms with Crippen molar-refractivity contribution in [1.29, 1.82) is 0 Å². The molecule has 0 heterocycles. The highest BCUT2D eigenvalue weighted by Gasteiger charge is 2.54. The van der Waals surface area contributed by atoms with Crippen LogP contribution in [0.2, 0.25) is 0 Å².